The molecule has 0 amide bonds. The quantitative estimate of drug-likeness (QED) is 0.152. The van der Waals surface area contributed by atoms with Crippen LogP contribution in [-0.2, 0) is 0 Å². The summed E-state index contributed by atoms with van der Waals surface area (Å²) >= 11 is 0. The third-order valence-corrected chi connectivity index (χ3v) is 13.4. The maximum absolute atomic E-state index is 6.31. The lowest BCUT2D eigenvalue weighted by molar-refractivity contribution is 0.669. The summed E-state index contributed by atoms with van der Waals surface area (Å²) in [5.74, 6) is 0. The van der Waals surface area contributed by atoms with E-state index in [2.05, 4.69) is 252 Å². The predicted molar refractivity (Wildman–Crippen MR) is 282 cm³/mol. The molecule has 2 aromatic heterocycles. The summed E-state index contributed by atoms with van der Waals surface area (Å²) in [5.41, 5.74) is 17.9. The minimum Gasteiger partial charge on any atom is -0.456 e. The standard InChI is InChI=1S/C64H42N2O/c1-2-18-55-46(12-1)13-11-22-56(55)47-32-37-52(38-33-47)65(53-16-10-15-49(41-53)50-34-39-60-59-21-5-8-25-63(59)67-64(60)42-50)51-35-30-44(31-36-51)43-26-28-45(29-27-43)48-14-9-17-54(40-48)66-61-23-6-3-19-57(61)58-20-4-7-24-62(58)66/h1-42H. The van der Waals surface area contributed by atoms with Crippen LogP contribution in [0.1, 0.15) is 0 Å². The molecule has 0 aliphatic carbocycles. The fourth-order valence-corrected chi connectivity index (χ4v) is 10.1. The van der Waals surface area contributed by atoms with Crippen molar-refractivity contribution in [1.29, 1.82) is 0 Å². The number of rotatable bonds is 8. The van der Waals surface area contributed by atoms with Crippen LogP contribution in [0.4, 0.5) is 17.1 Å². The molecule has 11 aromatic carbocycles. The Morgan fingerprint density at radius 2 is 0.776 bits per heavy atom. The summed E-state index contributed by atoms with van der Waals surface area (Å²) in [6.07, 6.45) is 0. The normalized spacial score (nSPS) is 11.6. The third-order valence-electron chi connectivity index (χ3n) is 13.4. The first-order chi connectivity index (χ1) is 33.2. The molecule has 13 aromatic rings. The summed E-state index contributed by atoms with van der Waals surface area (Å²) in [5, 5.41) is 7.28. The van der Waals surface area contributed by atoms with E-state index in [-0.39, 0.29) is 0 Å². The van der Waals surface area contributed by atoms with E-state index < -0.39 is 0 Å². The van der Waals surface area contributed by atoms with Crippen LogP contribution in [0.15, 0.2) is 259 Å². The Morgan fingerprint density at radius 3 is 1.49 bits per heavy atom. The molecule has 0 aliphatic heterocycles. The van der Waals surface area contributed by atoms with Gasteiger partial charge in [0.2, 0.25) is 0 Å². The molecule has 0 aliphatic rings. The van der Waals surface area contributed by atoms with Crippen LogP contribution in [-0.4, -0.2) is 4.57 Å². The monoisotopic (exact) mass is 854 g/mol. The number of aromatic nitrogens is 1. The highest BCUT2D eigenvalue weighted by Gasteiger charge is 2.17. The second kappa shape index (κ2) is 16.0. The Balaban J connectivity index is 0.842. The first-order valence-electron chi connectivity index (χ1n) is 22.9. The van der Waals surface area contributed by atoms with Crippen molar-refractivity contribution in [1.82, 2.24) is 4.57 Å². The van der Waals surface area contributed by atoms with E-state index >= 15 is 0 Å². The van der Waals surface area contributed by atoms with Gasteiger partial charge in [-0.3, -0.25) is 0 Å². The van der Waals surface area contributed by atoms with Crippen LogP contribution in [0.25, 0.3) is 105 Å². The van der Waals surface area contributed by atoms with E-state index in [1.54, 1.807) is 0 Å². The molecule has 0 unspecified atom stereocenters. The molecule has 0 atom stereocenters. The average molecular weight is 855 g/mol. The van der Waals surface area contributed by atoms with Gasteiger partial charge in [-0.2, -0.15) is 0 Å². The Hall–Kier alpha value is -8.92. The van der Waals surface area contributed by atoms with Gasteiger partial charge < -0.3 is 13.9 Å². The summed E-state index contributed by atoms with van der Waals surface area (Å²) in [6.45, 7) is 0. The van der Waals surface area contributed by atoms with Gasteiger partial charge in [0.15, 0.2) is 0 Å². The minimum absolute atomic E-state index is 0.890. The highest BCUT2D eigenvalue weighted by Crippen LogP contribution is 2.41. The van der Waals surface area contributed by atoms with Gasteiger partial charge in [-0.1, -0.05) is 176 Å². The molecule has 3 heteroatoms. The smallest absolute Gasteiger partial charge is 0.136 e. The maximum atomic E-state index is 6.31. The predicted octanol–water partition coefficient (Wildman–Crippen LogP) is 18.0. The Labute approximate surface area is 388 Å². The van der Waals surface area contributed by atoms with Crippen molar-refractivity contribution in [3.05, 3.63) is 255 Å². The van der Waals surface area contributed by atoms with Crippen molar-refractivity contribution in [2.24, 2.45) is 0 Å². The van der Waals surface area contributed by atoms with E-state index in [9.17, 15) is 0 Å². The van der Waals surface area contributed by atoms with Crippen LogP contribution < -0.4 is 4.90 Å². The molecule has 67 heavy (non-hydrogen) atoms. The van der Waals surface area contributed by atoms with E-state index in [0.29, 0.717) is 0 Å². The molecule has 13 rings (SSSR count). The summed E-state index contributed by atoms with van der Waals surface area (Å²) in [6, 6.07) is 91.9. The van der Waals surface area contributed by atoms with Gasteiger partial charge in [0.1, 0.15) is 11.2 Å². The van der Waals surface area contributed by atoms with Crippen molar-refractivity contribution >= 4 is 71.6 Å². The van der Waals surface area contributed by atoms with Gasteiger partial charge >= 0.3 is 0 Å². The van der Waals surface area contributed by atoms with Crippen LogP contribution in [0.3, 0.4) is 0 Å². The molecular weight excluding hydrogens is 813 g/mol. The van der Waals surface area contributed by atoms with E-state index in [1.165, 1.54) is 60.4 Å². The van der Waals surface area contributed by atoms with Gasteiger partial charge in [0.25, 0.3) is 0 Å². The van der Waals surface area contributed by atoms with Gasteiger partial charge in [0.05, 0.1) is 11.0 Å². The number of fused-ring (bicyclic) bond motifs is 7. The summed E-state index contributed by atoms with van der Waals surface area (Å²) in [7, 11) is 0. The van der Waals surface area contributed by atoms with E-state index in [1.807, 2.05) is 12.1 Å². The third kappa shape index (κ3) is 6.76. The van der Waals surface area contributed by atoms with Crippen molar-refractivity contribution < 1.29 is 4.42 Å². The molecule has 0 spiro atoms. The lowest BCUT2D eigenvalue weighted by Gasteiger charge is -2.26. The minimum atomic E-state index is 0.890. The first kappa shape index (κ1) is 38.5. The first-order valence-corrected chi connectivity index (χ1v) is 22.9. The molecular formula is C64H42N2O. The van der Waals surface area contributed by atoms with E-state index in [0.717, 1.165) is 61.4 Å². The second-order valence-electron chi connectivity index (χ2n) is 17.3. The number of benzene rings is 11. The van der Waals surface area contributed by atoms with Crippen LogP contribution >= 0.6 is 0 Å². The fourth-order valence-electron chi connectivity index (χ4n) is 10.1. The molecule has 0 N–H and O–H groups in total. The molecule has 0 radical (unpaired) electrons. The van der Waals surface area contributed by atoms with Crippen LogP contribution in [0.5, 0.6) is 0 Å². The van der Waals surface area contributed by atoms with Crippen molar-refractivity contribution in [3.8, 4) is 50.2 Å². The lowest BCUT2D eigenvalue weighted by atomic mass is 9.97. The lowest BCUT2D eigenvalue weighted by Crippen LogP contribution is -2.10. The van der Waals surface area contributed by atoms with Gasteiger partial charge in [-0.25, -0.2) is 0 Å². The number of hydrogen-bond acceptors (Lipinski definition) is 2. The number of nitrogens with zero attached hydrogens (tertiary/aromatic N) is 2. The zero-order valence-corrected chi connectivity index (χ0v) is 36.6. The van der Waals surface area contributed by atoms with E-state index in [4.69, 9.17) is 4.42 Å². The number of furan rings is 1. The number of para-hydroxylation sites is 3. The van der Waals surface area contributed by atoms with Crippen molar-refractivity contribution in [2.75, 3.05) is 4.90 Å². The molecule has 2 heterocycles. The summed E-state index contributed by atoms with van der Waals surface area (Å²) < 4.78 is 8.69. The second-order valence-corrected chi connectivity index (χ2v) is 17.3. The molecule has 0 saturated heterocycles. The zero-order chi connectivity index (χ0) is 44.3. The van der Waals surface area contributed by atoms with Crippen molar-refractivity contribution in [2.45, 2.75) is 0 Å². The largest absolute Gasteiger partial charge is 0.456 e. The molecule has 314 valence electrons. The molecule has 3 nitrogen and oxygen atoms in total. The SMILES string of the molecule is c1cc(-c2ccc3c(c2)oc2ccccc23)cc(N(c2ccc(-c3ccc(-c4cccc(-n5c6ccccc6c6ccccc65)c4)cc3)cc2)c2ccc(-c3cccc4ccccc34)cc2)c1. The molecule has 0 bridgehead atoms. The summed E-state index contributed by atoms with van der Waals surface area (Å²) in [4.78, 5) is 2.35. The number of anilines is 3. The fraction of sp³-hybridized carbons (Fsp3) is 0. The number of hydrogen-bond donors (Lipinski definition) is 0. The Bertz CT molecular complexity index is 3910. The highest BCUT2D eigenvalue weighted by molar-refractivity contribution is 6.09. The van der Waals surface area contributed by atoms with Gasteiger partial charge in [0, 0.05) is 44.3 Å². The average Bonchev–Trinajstić information content (AvgIpc) is 3.95. The van der Waals surface area contributed by atoms with Crippen LogP contribution in [0.2, 0.25) is 0 Å². The maximum Gasteiger partial charge on any atom is 0.136 e. The van der Waals surface area contributed by atoms with Gasteiger partial charge in [-0.15, -0.1) is 0 Å². The Morgan fingerprint density at radius 1 is 0.284 bits per heavy atom. The Kier molecular flexibility index (Phi) is 9.17. The highest BCUT2D eigenvalue weighted by atomic mass is 16.3. The molecule has 0 saturated carbocycles. The zero-order valence-electron chi connectivity index (χ0n) is 36.6. The van der Waals surface area contributed by atoms with Gasteiger partial charge in [-0.05, 0) is 134 Å². The van der Waals surface area contributed by atoms with Crippen LogP contribution in [0, 0.1) is 0 Å². The topological polar surface area (TPSA) is 21.3 Å². The van der Waals surface area contributed by atoms with Crippen molar-refractivity contribution in [3.63, 3.8) is 0 Å². The molecule has 0 fully saturated rings.